The van der Waals surface area contributed by atoms with Crippen LogP contribution in [0.15, 0.2) is 273 Å². The van der Waals surface area contributed by atoms with Crippen molar-refractivity contribution < 1.29 is 65.6 Å². The number of hydrogen-bond donors (Lipinski definition) is 5. The number of halogens is 12. The summed E-state index contributed by atoms with van der Waals surface area (Å²) in [5.74, 6) is -1.24. The predicted octanol–water partition coefficient (Wildman–Crippen LogP) is 22.0. The second-order valence-corrected chi connectivity index (χ2v) is 43.5. The summed E-state index contributed by atoms with van der Waals surface area (Å²) in [5, 5.41) is 15.7. The van der Waals surface area contributed by atoms with Gasteiger partial charge in [-0.1, -0.05) is 250 Å². The number of ether oxygens (including phenoxy) is 6. The molecule has 3 saturated heterocycles. The Morgan fingerprint density at radius 3 is 1.00 bits per heavy atom. The molecule has 6 amide bonds. The predicted molar refractivity (Wildman–Crippen MR) is 572 cm³/mol. The fraction of sp³-hybridized carbons (Fsp3) is 0.389. The van der Waals surface area contributed by atoms with E-state index in [4.69, 9.17) is 145 Å². The van der Waals surface area contributed by atoms with Crippen molar-refractivity contribution in [2.45, 2.75) is 105 Å². The first-order chi connectivity index (χ1) is 68.8. The third-order valence-corrected chi connectivity index (χ3v) is 27.4. The fourth-order valence-corrected chi connectivity index (χ4v) is 18.6. The highest BCUT2D eigenvalue weighted by Gasteiger charge is 2.44. The van der Waals surface area contributed by atoms with Gasteiger partial charge in [0.05, 0.1) is 76.1 Å². The van der Waals surface area contributed by atoms with Crippen LogP contribution in [0, 0.1) is 35.2 Å². The summed E-state index contributed by atoms with van der Waals surface area (Å²) in [5.41, 5.74) is 4.38. The van der Waals surface area contributed by atoms with Gasteiger partial charge in [0.15, 0.2) is 5.11 Å². The van der Waals surface area contributed by atoms with Crippen molar-refractivity contribution in [1.82, 2.24) is 30.7 Å². The van der Waals surface area contributed by atoms with E-state index in [1.807, 2.05) is 182 Å². The molecule has 3 aliphatic heterocycles. The number of carbonyl (C=O) groups excluding carboxylic acids is 5. The average molecular weight is 2160 g/mol. The van der Waals surface area contributed by atoms with Gasteiger partial charge in [-0.3, -0.25) is 38.8 Å². The van der Waals surface area contributed by atoms with E-state index >= 15 is 0 Å². The highest BCUT2D eigenvalue weighted by Crippen LogP contribution is 2.40. The van der Waals surface area contributed by atoms with Gasteiger partial charge in [0.2, 0.25) is 0 Å². The monoisotopic (exact) mass is 2150 g/mol. The molecule has 6 aliphatic rings. The zero-order chi connectivity index (χ0) is 101. The summed E-state index contributed by atoms with van der Waals surface area (Å²) in [7, 11) is 0. The Morgan fingerprint density at radius 2 is 0.678 bits per heavy atom. The lowest BCUT2D eigenvalue weighted by atomic mass is 9.78. The first-order valence-corrected chi connectivity index (χ1v) is 51.8. The molecule has 9 aromatic rings. The number of thiocarbonyl (C=S) groups is 1. The molecule has 9 aromatic carbocycles. The summed E-state index contributed by atoms with van der Waals surface area (Å²) < 4.78 is 69.2. The Morgan fingerprint density at radius 1 is 0.378 bits per heavy atom. The molecule has 0 spiro atoms. The van der Waals surface area contributed by atoms with Crippen LogP contribution in [0.4, 0.5) is 46.4 Å². The number of benzene rings is 9. The molecule has 762 valence electrons. The van der Waals surface area contributed by atoms with E-state index in [2.05, 4.69) is 52.3 Å². The lowest BCUT2D eigenvalue weighted by molar-refractivity contribution is -0.122. The summed E-state index contributed by atoms with van der Waals surface area (Å²) in [6.45, 7) is 16.2. The SMILES string of the molecule is O=C(NC1(Cc2ccc(F)cc2)C=CC(CN(C(=S)Nc2ccccc2)c2cccc(OCCCN3CCOCC3)c2)CC1)C(Cl)(Cl)Cl.O=C(Nc1ccccc1)N(CC1C=CC(Cc2ccc(F)cc2)(NC(=O)C(Cl)(Cl)Cl)CC1)c1cccc(OCCCN2CCOCC2)c1.O=C(c1ccccc1)N(CC1C=CC(Cc2ccc(F)cc2)(NC(=O)C(Cl)(Cl)Cl)CC1)c1cccc(OCCCN2CCOCC2)c1. The molecule has 5 N–H and O–H groups in total. The number of rotatable bonds is 36. The van der Waals surface area contributed by atoms with E-state index in [0.717, 1.165) is 157 Å². The van der Waals surface area contributed by atoms with Crippen LogP contribution >= 0.6 is 117 Å². The van der Waals surface area contributed by atoms with Gasteiger partial charge in [0, 0.05) is 131 Å². The molecule has 0 aromatic heterocycles. The van der Waals surface area contributed by atoms with E-state index in [1.165, 1.54) is 36.4 Å². The van der Waals surface area contributed by atoms with Crippen molar-refractivity contribution in [2.75, 3.05) is 163 Å². The minimum absolute atomic E-state index is 0.0354. The number of hydrogen-bond acceptors (Lipinski definition) is 15. The van der Waals surface area contributed by atoms with Gasteiger partial charge in [0.25, 0.3) is 35.0 Å². The normalized spacial score (nSPS) is 19.9. The van der Waals surface area contributed by atoms with Crippen LogP contribution in [0.3, 0.4) is 0 Å². The van der Waals surface area contributed by atoms with Crippen LogP contribution in [0.5, 0.6) is 17.2 Å². The molecule has 6 atom stereocenters. The maximum Gasteiger partial charge on any atom is 0.326 e. The molecule has 3 fully saturated rings. The largest absolute Gasteiger partial charge is 0.493 e. The van der Waals surface area contributed by atoms with Gasteiger partial charge in [-0.15, -0.1) is 0 Å². The topological polar surface area (TPSA) is 220 Å². The van der Waals surface area contributed by atoms with Crippen LogP contribution in [0.25, 0.3) is 0 Å². The van der Waals surface area contributed by atoms with Crippen molar-refractivity contribution in [1.29, 1.82) is 0 Å². The van der Waals surface area contributed by atoms with Gasteiger partial charge < -0.3 is 64.8 Å². The first-order valence-electron chi connectivity index (χ1n) is 48.0. The number of alkyl halides is 9. The number of carbonyl (C=O) groups is 5. The van der Waals surface area contributed by atoms with Crippen molar-refractivity contribution in [3.8, 4) is 17.2 Å². The Labute approximate surface area is 885 Å². The first kappa shape index (κ1) is 111. The van der Waals surface area contributed by atoms with E-state index < -0.39 is 45.7 Å². The second-order valence-electron chi connectivity index (χ2n) is 36.3. The summed E-state index contributed by atoms with van der Waals surface area (Å²) in [6.07, 6.45) is 19.2. The molecule has 0 bridgehead atoms. The van der Waals surface area contributed by atoms with Crippen LogP contribution in [0.1, 0.15) is 84.8 Å². The Bertz CT molecular complexity index is 5450. The zero-order valence-corrected chi connectivity index (χ0v) is 86.8. The highest BCUT2D eigenvalue weighted by molar-refractivity contribution is 7.80. The summed E-state index contributed by atoms with van der Waals surface area (Å²) in [4.78, 5) is 78.9. The number of amides is 6. The number of nitrogens with one attached hydrogen (secondary N) is 5. The number of nitrogens with zero attached hydrogens (tertiary/aromatic N) is 6. The maximum atomic E-state index is 13.9. The lowest BCUT2D eigenvalue weighted by Gasteiger charge is -2.39. The molecule has 6 unspecified atom stereocenters. The smallest absolute Gasteiger partial charge is 0.326 e. The Balaban J connectivity index is 0.000000180. The van der Waals surface area contributed by atoms with Gasteiger partial charge in [-0.05, 0) is 233 Å². The van der Waals surface area contributed by atoms with Gasteiger partial charge >= 0.3 is 6.03 Å². The number of anilines is 5. The van der Waals surface area contributed by atoms with Crippen molar-refractivity contribution in [2.24, 2.45) is 17.8 Å². The molecule has 143 heavy (non-hydrogen) atoms. The van der Waals surface area contributed by atoms with Crippen LogP contribution in [0.2, 0.25) is 0 Å². The van der Waals surface area contributed by atoms with E-state index in [0.29, 0.717) is 131 Å². The highest BCUT2D eigenvalue weighted by atomic mass is 35.6. The fourth-order valence-electron chi connectivity index (χ4n) is 17.9. The molecular formula is C108H119Cl9F3N11O11S. The molecule has 3 heterocycles. The third-order valence-electron chi connectivity index (χ3n) is 25.5. The number of morpholine rings is 3. The van der Waals surface area contributed by atoms with Gasteiger partial charge in [-0.25, -0.2) is 18.0 Å². The quantitative estimate of drug-likeness (QED) is 0.0107. The van der Waals surface area contributed by atoms with Crippen LogP contribution in [-0.2, 0) is 47.9 Å². The summed E-state index contributed by atoms with van der Waals surface area (Å²) in [6, 6.07) is 69.5. The Hall–Kier alpha value is -9.40. The minimum Gasteiger partial charge on any atom is -0.493 e. The molecule has 15 rings (SSSR count). The molecule has 3 aliphatic carbocycles. The third kappa shape index (κ3) is 35.7. The van der Waals surface area contributed by atoms with Gasteiger partial charge in [-0.2, -0.15) is 0 Å². The van der Waals surface area contributed by atoms with E-state index in [1.54, 1.807) is 58.3 Å². The minimum atomic E-state index is -2.15. The van der Waals surface area contributed by atoms with Crippen LogP contribution < -0.4 is 55.5 Å². The lowest BCUT2D eigenvalue weighted by Crippen LogP contribution is -2.54. The second kappa shape index (κ2) is 54.3. The number of para-hydroxylation sites is 2. The zero-order valence-electron chi connectivity index (χ0n) is 79.2. The van der Waals surface area contributed by atoms with E-state index in [-0.39, 0.29) is 47.1 Å². The molecular weight excluding hydrogens is 2040 g/mol. The molecule has 35 heteroatoms. The van der Waals surface area contributed by atoms with Crippen LogP contribution in [-0.4, -0.2) is 215 Å². The molecule has 22 nitrogen and oxygen atoms in total. The average Bonchev–Trinajstić information content (AvgIpc) is 0.799. The number of urea groups is 1. The Kier molecular flexibility index (Phi) is 42.1. The standard InChI is InChI=1S/C36H40Cl3FN4O4.C36H40Cl3FN4O3S.C36H39Cl3FN3O4/c37-36(38,39)33(45)42-35(25-27-10-12-29(40)13-11-27)16-14-28(15-17-35)26-44(34(46)41-30-6-2-1-3-7-30)31-8-4-9-32(24-31)48-21-5-18-43-19-22-47-23-20-43;37-36(38,39)33(45)42-35(25-27-10-12-29(40)13-11-27)16-14-28(15-17-35)26-44(34(48)41-30-6-2-1-3-7-30)31-8-4-9-32(24-31)47-21-5-18-43-19-22-46-23-20-43;37-36(38,39)34(45)41-35(25-27-10-12-30(40)13-11-27)16-14-28(15-17-35)26-43(33(44)29-6-2-1-3-7-29)31-8-4-9-32(24-31)47-21-5-18-42-19-22-46-23-20-42/h1-4,6-14,16,24,28H,5,15,17-23,25-26H2,(H,41,46)(H,42,45);1-4,6-14,16,24,28H,5,15,17-23,25-26H2,(H,41,48)(H,42,45);1-4,6-14,16,24,28H,5,15,17-23,25-26H2,(H,41,45). The summed E-state index contributed by atoms with van der Waals surface area (Å²) >= 11 is 59.3. The maximum absolute atomic E-state index is 13.9. The van der Waals surface area contributed by atoms with E-state index in [9.17, 15) is 37.1 Å². The van der Waals surface area contributed by atoms with Gasteiger partial charge in [0.1, 0.15) is 34.7 Å². The molecule has 0 radical (unpaired) electrons. The van der Waals surface area contributed by atoms with Crippen molar-refractivity contribution >= 4 is 180 Å². The van der Waals surface area contributed by atoms with Crippen molar-refractivity contribution in [3.63, 3.8) is 0 Å². The van der Waals surface area contributed by atoms with Crippen molar-refractivity contribution in [3.05, 3.63) is 313 Å². The molecule has 0 saturated carbocycles.